The zero-order valence-electron chi connectivity index (χ0n) is 9.92. The lowest BCUT2D eigenvalue weighted by atomic mass is 9.87. The first-order valence-corrected chi connectivity index (χ1v) is 6.13. The number of carbonyl (C=O) groups excluding carboxylic acids is 1. The van der Waals surface area contributed by atoms with Crippen LogP contribution in [0.1, 0.15) is 40.5 Å². The van der Waals surface area contributed by atoms with Crippen LogP contribution in [0.3, 0.4) is 0 Å². The fraction of sp³-hybridized carbons (Fsp3) is 0.900. The van der Waals surface area contributed by atoms with Crippen LogP contribution in [0.2, 0.25) is 0 Å². The Bertz CT molecular complexity index is 219. The highest BCUT2D eigenvalue weighted by Gasteiger charge is 2.19. The van der Waals surface area contributed by atoms with Gasteiger partial charge in [-0.2, -0.15) is 0 Å². The first-order chi connectivity index (χ1) is 6.93. The summed E-state index contributed by atoms with van der Waals surface area (Å²) in [5.74, 6) is -0.342. The van der Waals surface area contributed by atoms with Gasteiger partial charge in [0.1, 0.15) is 6.04 Å². The van der Waals surface area contributed by atoms with Crippen molar-refractivity contribution in [2.45, 2.75) is 46.6 Å². The van der Waals surface area contributed by atoms with Gasteiger partial charge in [0.25, 0.3) is 0 Å². The molecule has 88 valence electrons. The third kappa shape index (κ3) is 6.58. The van der Waals surface area contributed by atoms with Crippen LogP contribution in [-0.4, -0.2) is 18.6 Å². The summed E-state index contributed by atoms with van der Waals surface area (Å²) >= 11 is 0. The number of nitrogens with one attached hydrogen (secondary N) is 1. The molecule has 4 nitrogen and oxygen atoms in total. The van der Waals surface area contributed by atoms with E-state index in [1.165, 1.54) is 0 Å². The number of hydrogen-bond donors (Lipinski definition) is 1. The molecule has 0 spiro atoms. The van der Waals surface area contributed by atoms with Gasteiger partial charge in [0.2, 0.25) is 0 Å². The van der Waals surface area contributed by atoms with Crippen LogP contribution in [0.5, 0.6) is 0 Å². The molecule has 0 heterocycles. The van der Waals surface area contributed by atoms with Gasteiger partial charge in [-0.1, -0.05) is 36.8 Å². The molecular formula is C10H21NO3P+. The van der Waals surface area contributed by atoms with E-state index in [2.05, 4.69) is 25.9 Å². The second kappa shape index (κ2) is 6.91. The summed E-state index contributed by atoms with van der Waals surface area (Å²) in [6.07, 6.45) is 1.90. The van der Waals surface area contributed by atoms with Crippen LogP contribution in [0.25, 0.3) is 0 Å². The minimum atomic E-state index is -0.676. The summed E-state index contributed by atoms with van der Waals surface area (Å²) in [6, 6.07) is -0.495. The van der Waals surface area contributed by atoms with Crippen LogP contribution >= 0.6 is 8.61 Å². The summed E-state index contributed by atoms with van der Waals surface area (Å²) in [6.45, 7) is 8.46. The fourth-order valence-corrected chi connectivity index (χ4v) is 1.17. The van der Waals surface area contributed by atoms with Gasteiger partial charge < -0.3 is 4.74 Å². The molecule has 0 rings (SSSR count). The maximum Gasteiger partial charge on any atom is 0.419 e. The lowest BCUT2D eigenvalue weighted by molar-refractivity contribution is -0.145. The molecule has 0 fully saturated rings. The van der Waals surface area contributed by atoms with Gasteiger partial charge in [-0.05, 0) is 18.8 Å². The van der Waals surface area contributed by atoms with Crippen molar-refractivity contribution in [3.8, 4) is 0 Å². The molecule has 0 aromatic carbocycles. The van der Waals surface area contributed by atoms with Crippen molar-refractivity contribution in [1.82, 2.24) is 5.09 Å². The van der Waals surface area contributed by atoms with E-state index in [0.29, 0.717) is 6.61 Å². The van der Waals surface area contributed by atoms with E-state index >= 15 is 0 Å². The van der Waals surface area contributed by atoms with E-state index < -0.39 is 14.7 Å². The predicted molar refractivity (Wildman–Crippen MR) is 61.2 cm³/mol. The molecule has 0 aliphatic carbocycles. The molecule has 5 heteroatoms. The Balaban J connectivity index is 3.77. The van der Waals surface area contributed by atoms with E-state index in [1.54, 1.807) is 6.92 Å². The number of rotatable bonds is 7. The van der Waals surface area contributed by atoms with Crippen LogP contribution in [0.15, 0.2) is 0 Å². The molecule has 0 aromatic heterocycles. The van der Waals surface area contributed by atoms with Gasteiger partial charge in [0, 0.05) is 0 Å². The summed E-state index contributed by atoms with van der Waals surface area (Å²) in [5.41, 5.74) is 0.206. The van der Waals surface area contributed by atoms with E-state index in [-0.39, 0.29) is 11.4 Å². The Labute approximate surface area is 93.0 Å². The smallest absolute Gasteiger partial charge is 0.419 e. The van der Waals surface area contributed by atoms with Crippen molar-refractivity contribution >= 4 is 14.6 Å². The molecular weight excluding hydrogens is 213 g/mol. The lowest BCUT2D eigenvalue weighted by Gasteiger charge is -2.22. The van der Waals surface area contributed by atoms with Crippen LogP contribution < -0.4 is 5.09 Å². The second-order valence-corrected chi connectivity index (χ2v) is 4.90. The van der Waals surface area contributed by atoms with Gasteiger partial charge in [-0.15, -0.1) is 0 Å². The topological polar surface area (TPSA) is 55.4 Å². The molecule has 0 saturated carbocycles. The fourth-order valence-electron chi connectivity index (χ4n) is 0.877. The van der Waals surface area contributed by atoms with Crippen LogP contribution in [0.4, 0.5) is 0 Å². The molecule has 0 amide bonds. The summed E-state index contributed by atoms with van der Waals surface area (Å²) in [5, 5.41) is 2.50. The molecule has 0 saturated heterocycles. The summed E-state index contributed by atoms with van der Waals surface area (Å²) < 4.78 is 15.3. The van der Waals surface area contributed by atoms with Crippen molar-refractivity contribution in [1.29, 1.82) is 0 Å². The number of carbonyl (C=O) groups is 1. The van der Waals surface area contributed by atoms with Crippen LogP contribution in [-0.2, 0) is 14.1 Å². The first kappa shape index (κ1) is 14.5. The third-order valence-corrected chi connectivity index (χ3v) is 3.16. The molecule has 0 aliphatic rings. The van der Waals surface area contributed by atoms with E-state index in [4.69, 9.17) is 4.74 Å². The van der Waals surface area contributed by atoms with Crippen molar-refractivity contribution in [3.63, 3.8) is 0 Å². The zero-order valence-corrected chi connectivity index (χ0v) is 10.9. The number of hydrogen-bond acceptors (Lipinski definition) is 3. The van der Waals surface area contributed by atoms with Gasteiger partial charge >= 0.3 is 14.6 Å². The minimum Gasteiger partial charge on any atom is -0.464 e. The summed E-state index contributed by atoms with van der Waals surface area (Å²) in [7, 11) is -0.676. The van der Waals surface area contributed by atoms with E-state index in [1.807, 2.05) is 0 Å². The Kier molecular flexibility index (Phi) is 6.70. The highest BCUT2D eigenvalue weighted by atomic mass is 31.1. The number of esters is 1. The second-order valence-electron chi connectivity index (χ2n) is 4.40. The molecule has 1 N–H and O–H groups in total. The minimum absolute atomic E-state index is 0.206. The Morgan fingerprint density at radius 3 is 2.60 bits per heavy atom. The average Bonchev–Trinajstić information content (AvgIpc) is 2.18. The molecule has 0 bridgehead atoms. The third-order valence-electron chi connectivity index (χ3n) is 2.61. The van der Waals surface area contributed by atoms with Crippen molar-refractivity contribution in [3.05, 3.63) is 0 Å². The quantitative estimate of drug-likeness (QED) is 0.542. The maximum absolute atomic E-state index is 11.3. The number of ether oxygens (including phenoxy) is 1. The highest BCUT2D eigenvalue weighted by Crippen LogP contribution is 2.23. The van der Waals surface area contributed by atoms with Gasteiger partial charge in [0.05, 0.1) is 6.61 Å². The van der Waals surface area contributed by atoms with Crippen molar-refractivity contribution in [2.75, 3.05) is 6.61 Å². The molecule has 0 aromatic rings. The van der Waals surface area contributed by atoms with E-state index in [0.717, 1.165) is 12.8 Å². The van der Waals surface area contributed by atoms with Gasteiger partial charge in [-0.25, -0.2) is 0 Å². The Morgan fingerprint density at radius 1 is 1.53 bits per heavy atom. The molecule has 0 radical (unpaired) electrons. The summed E-state index contributed by atoms with van der Waals surface area (Å²) in [4.78, 5) is 11.3. The molecule has 2 atom stereocenters. The first-order valence-electron chi connectivity index (χ1n) is 5.22. The molecule has 15 heavy (non-hydrogen) atoms. The lowest BCUT2D eigenvalue weighted by Crippen LogP contribution is -2.30. The largest absolute Gasteiger partial charge is 0.464 e. The Morgan fingerprint density at radius 2 is 2.13 bits per heavy atom. The highest BCUT2D eigenvalue weighted by molar-refractivity contribution is 7.21. The van der Waals surface area contributed by atoms with E-state index in [9.17, 15) is 9.36 Å². The van der Waals surface area contributed by atoms with Crippen molar-refractivity contribution < 1.29 is 14.1 Å². The zero-order chi connectivity index (χ0) is 11.9. The average molecular weight is 234 g/mol. The maximum atomic E-state index is 11.3. The SMILES string of the molecule is CCC(C)(C)CCOC(=O)[C@H](C)N[PH+]=O. The monoisotopic (exact) mass is 234 g/mol. The predicted octanol–water partition coefficient (Wildman–Crippen LogP) is 2.27. The van der Waals surface area contributed by atoms with Crippen molar-refractivity contribution in [2.24, 2.45) is 5.41 Å². The normalized spacial score (nSPS) is 13.9. The van der Waals surface area contributed by atoms with Gasteiger partial charge in [0.15, 0.2) is 0 Å². The molecule has 1 unspecified atom stereocenters. The van der Waals surface area contributed by atoms with Crippen LogP contribution in [0, 0.1) is 5.41 Å². The standard InChI is InChI=1S/C10H20NO3P/c1-5-10(3,4)6-7-14-9(12)8(2)11-15-13/h8H,5-7H2,1-4H3,(H,11,13)/p+1/t8-/m0/s1. The molecule has 0 aliphatic heterocycles. The Hall–Kier alpha value is -0.470. The van der Waals surface area contributed by atoms with Gasteiger partial charge in [-0.3, -0.25) is 4.79 Å².